The molecule has 1 aromatic heterocycles. The SMILES string of the molecule is CC=Cc1ccc2occc2c1. The van der Waals surface area contributed by atoms with Crippen molar-refractivity contribution in [2.45, 2.75) is 6.92 Å². The summed E-state index contributed by atoms with van der Waals surface area (Å²) >= 11 is 0. The lowest BCUT2D eigenvalue weighted by molar-refractivity contribution is 0.616. The smallest absolute Gasteiger partial charge is 0.133 e. The summed E-state index contributed by atoms with van der Waals surface area (Å²) in [6.07, 6.45) is 5.82. The molecule has 2 rings (SSSR count). The third kappa shape index (κ3) is 1.14. The van der Waals surface area contributed by atoms with Crippen LogP contribution >= 0.6 is 0 Å². The molecule has 0 saturated carbocycles. The number of hydrogen-bond acceptors (Lipinski definition) is 1. The van der Waals surface area contributed by atoms with Crippen molar-refractivity contribution in [3.05, 3.63) is 42.2 Å². The molecule has 1 aromatic carbocycles. The fourth-order valence-corrected chi connectivity index (χ4v) is 1.28. The zero-order valence-corrected chi connectivity index (χ0v) is 6.95. The average molecular weight is 158 g/mol. The van der Waals surface area contributed by atoms with Crippen LogP contribution in [0.15, 0.2) is 41.0 Å². The Balaban J connectivity index is 2.60. The minimum atomic E-state index is 0.947. The number of furan rings is 1. The molecule has 60 valence electrons. The molecule has 0 aliphatic carbocycles. The number of hydrogen-bond donors (Lipinski definition) is 0. The van der Waals surface area contributed by atoms with Gasteiger partial charge in [-0.05, 0) is 30.7 Å². The molecule has 0 amide bonds. The van der Waals surface area contributed by atoms with E-state index < -0.39 is 0 Å². The summed E-state index contributed by atoms with van der Waals surface area (Å²) in [5, 5.41) is 1.16. The molecule has 0 bridgehead atoms. The molecular weight excluding hydrogens is 148 g/mol. The minimum absolute atomic E-state index is 0.947. The third-order valence-electron chi connectivity index (χ3n) is 1.84. The first kappa shape index (κ1) is 7.17. The molecule has 0 aliphatic rings. The van der Waals surface area contributed by atoms with E-state index in [-0.39, 0.29) is 0 Å². The highest BCUT2D eigenvalue weighted by atomic mass is 16.3. The van der Waals surface area contributed by atoms with Crippen molar-refractivity contribution in [2.24, 2.45) is 0 Å². The summed E-state index contributed by atoms with van der Waals surface area (Å²) in [4.78, 5) is 0. The highest BCUT2D eigenvalue weighted by Gasteiger charge is 1.94. The zero-order valence-electron chi connectivity index (χ0n) is 6.95. The van der Waals surface area contributed by atoms with Crippen LogP contribution in [0.25, 0.3) is 17.0 Å². The van der Waals surface area contributed by atoms with Gasteiger partial charge in [0.25, 0.3) is 0 Å². The van der Waals surface area contributed by atoms with Crippen molar-refractivity contribution in [3.63, 3.8) is 0 Å². The fourth-order valence-electron chi connectivity index (χ4n) is 1.28. The number of allylic oxidation sites excluding steroid dienone is 1. The van der Waals surface area contributed by atoms with E-state index >= 15 is 0 Å². The van der Waals surface area contributed by atoms with Gasteiger partial charge < -0.3 is 4.42 Å². The maximum Gasteiger partial charge on any atom is 0.133 e. The quantitative estimate of drug-likeness (QED) is 0.619. The summed E-state index contributed by atoms with van der Waals surface area (Å²) in [6, 6.07) is 8.12. The lowest BCUT2D eigenvalue weighted by Crippen LogP contribution is -1.69. The van der Waals surface area contributed by atoms with Crippen LogP contribution in [0.1, 0.15) is 12.5 Å². The highest BCUT2D eigenvalue weighted by molar-refractivity contribution is 5.79. The van der Waals surface area contributed by atoms with Crippen LogP contribution < -0.4 is 0 Å². The maximum absolute atomic E-state index is 5.23. The molecule has 1 heterocycles. The Bertz CT molecular complexity index is 410. The molecule has 0 fully saturated rings. The first-order valence-corrected chi connectivity index (χ1v) is 4.00. The Kier molecular flexibility index (Phi) is 1.71. The average Bonchev–Trinajstić information content (AvgIpc) is 2.51. The number of fused-ring (bicyclic) bond motifs is 1. The van der Waals surface area contributed by atoms with Crippen LogP contribution in [-0.4, -0.2) is 0 Å². The maximum atomic E-state index is 5.23. The van der Waals surface area contributed by atoms with E-state index in [0.717, 1.165) is 11.0 Å². The van der Waals surface area contributed by atoms with Crippen LogP contribution in [0.5, 0.6) is 0 Å². The Labute approximate surface area is 71.3 Å². The summed E-state index contributed by atoms with van der Waals surface area (Å²) in [7, 11) is 0. The lowest BCUT2D eigenvalue weighted by Gasteiger charge is -1.91. The van der Waals surface area contributed by atoms with E-state index in [0.29, 0.717) is 0 Å². The van der Waals surface area contributed by atoms with Gasteiger partial charge in [0.15, 0.2) is 0 Å². The standard InChI is InChI=1S/C11H10O/c1-2-3-9-4-5-11-10(8-9)6-7-12-11/h2-8H,1H3. The van der Waals surface area contributed by atoms with Crippen molar-refractivity contribution in [1.82, 2.24) is 0 Å². The normalized spacial score (nSPS) is 11.4. The van der Waals surface area contributed by atoms with E-state index in [4.69, 9.17) is 4.42 Å². The molecule has 0 spiro atoms. The predicted molar refractivity (Wildman–Crippen MR) is 50.9 cm³/mol. The van der Waals surface area contributed by atoms with Gasteiger partial charge in [-0.3, -0.25) is 0 Å². The van der Waals surface area contributed by atoms with Gasteiger partial charge in [-0.1, -0.05) is 18.2 Å². The molecular formula is C11H10O. The Morgan fingerprint density at radius 2 is 2.17 bits per heavy atom. The molecule has 0 radical (unpaired) electrons. The van der Waals surface area contributed by atoms with Gasteiger partial charge in [-0.15, -0.1) is 0 Å². The van der Waals surface area contributed by atoms with Crippen LogP contribution in [0, 0.1) is 0 Å². The van der Waals surface area contributed by atoms with Crippen molar-refractivity contribution >= 4 is 17.0 Å². The minimum Gasteiger partial charge on any atom is -0.464 e. The van der Waals surface area contributed by atoms with Crippen molar-refractivity contribution in [1.29, 1.82) is 0 Å². The van der Waals surface area contributed by atoms with Gasteiger partial charge >= 0.3 is 0 Å². The third-order valence-corrected chi connectivity index (χ3v) is 1.84. The highest BCUT2D eigenvalue weighted by Crippen LogP contribution is 2.17. The second-order valence-electron chi connectivity index (χ2n) is 2.72. The van der Waals surface area contributed by atoms with Gasteiger partial charge in [-0.2, -0.15) is 0 Å². The Morgan fingerprint density at radius 3 is 3.00 bits per heavy atom. The van der Waals surface area contributed by atoms with E-state index in [9.17, 15) is 0 Å². The van der Waals surface area contributed by atoms with E-state index in [1.807, 2.05) is 31.2 Å². The molecule has 1 heteroatoms. The topological polar surface area (TPSA) is 13.1 Å². The molecule has 0 atom stereocenters. The monoisotopic (exact) mass is 158 g/mol. The van der Waals surface area contributed by atoms with Gasteiger partial charge in [0, 0.05) is 5.39 Å². The van der Waals surface area contributed by atoms with Crippen LogP contribution in [0.3, 0.4) is 0 Å². The molecule has 12 heavy (non-hydrogen) atoms. The predicted octanol–water partition coefficient (Wildman–Crippen LogP) is 3.47. The Morgan fingerprint density at radius 1 is 1.25 bits per heavy atom. The number of rotatable bonds is 1. The number of benzene rings is 1. The van der Waals surface area contributed by atoms with Gasteiger partial charge in [-0.25, -0.2) is 0 Å². The van der Waals surface area contributed by atoms with E-state index in [2.05, 4.69) is 12.1 Å². The van der Waals surface area contributed by atoms with E-state index in [1.54, 1.807) is 6.26 Å². The van der Waals surface area contributed by atoms with Crippen molar-refractivity contribution < 1.29 is 4.42 Å². The van der Waals surface area contributed by atoms with Gasteiger partial charge in [0.1, 0.15) is 5.58 Å². The lowest BCUT2D eigenvalue weighted by atomic mass is 10.1. The first-order chi connectivity index (χ1) is 5.90. The van der Waals surface area contributed by atoms with Gasteiger partial charge in [0.05, 0.1) is 6.26 Å². The fraction of sp³-hybridized carbons (Fsp3) is 0.0909. The molecule has 0 N–H and O–H groups in total. The summed E-state index contributed by atoms with van der Waals surface area (Å²) in [5.41, 5.74) is 2.16. The summed E-state index contributed by atoms with van der Waals surface area (Å²) < 4.78 is 5.23. The van der Waals surface area contributed by atoms with Crippen LogP contribution in [-0.2, 0) is 0 Å². The van der Waals surface area contributed by atoms with Gasteiger partial charge in [0.2, 0.25) is 0 Å². The molecule has 0 aliphatic heterocycles. The van der Waals surface area contributed by atoms with E-state index in [1.165, 1.54) is 5.56 Å². The van der Waals surface area contributed by atoms with Crippen molar-refractivity contribution in [3.8, 4) is 0 Å². The molecule has 0 unspecified atom stereocenters. The zero-order chi connectivity index (χ0) is 8.39. The summed E-state index contributed by atoms with van der Waals surface area (Å²) in [6.45, 7) is 2.01. The Hall–Kier alpha value is -1.50. The summed E-state index contributed by atoms with van der Waals surface area (Å²) in [5.74, 6) is 0. The molecule has 1 nitrogen and oxygen atoms in total. The largest absolute Gasteiger partial charge is 0.464 e. The first-order valence-electron chi connectivity index (χ1n) is 4.00. The van der Waals surface area contributed by atoms with Crippen LogP contribution in [0.2, 0.25) is 0 Å². The van der Waals surface area contributed by atoms with Crippen molar-refractivity contribution in [2.75, 3.05) is 0 Å². The second-order valence-corrected chi connectivity index (χ2v) is 2.72. The van der Waals surface area contributed by atoms with Crippen LogP contribution in [0.4, 0.5) is 0 Å². The molecule has 0 saturated heterocycles. The second kappa shape index (κ2) is 2.86. The molecule has 2 aromatic rings.